The molecule has 2 nitrogen and oxygen atoms in total. The molecule has 1 rings (SSSR count). The molecule has 0 unspecified atom stereocenters. The number of hydrogen-bond acceptors (Lipinski definition) is 1. The zero-order chi connectivity index (χ0) is 10.4. The molecule has 0 aliphatic heterocycles. The van der Waals surface area contributed by atoms with Crippen molar-refractivity contribution in [1.29, 1.82) is 0 Å². The SMILES string of the molecule is CCCC(=O)NC1(CCl)CCCCC1. The van der Waals surface area contributed by atoms with Crippen LogP contribution in [0.25, 0.3) is 0 Å². The maximum absolute atomic E-state index is 11.5. The van der Waals surface area contributed by atoms with Gasteiger partial charge in [0, 0.05) is 12.3 Å². The van der Waals surface area contributed by atoms with Gasteiger partial charge in [-0.1, -0.05) is 26.2 Å². The summed E-state index contributed by atoms with van der Waals surface area (Å²) in [6, 6.07) is 0. The van der Waals surface area contributed by atoms with Crippen LogP contribution in [0.4, 0.5) is 0 Å². The first-order valence-corrected chi connectivity index (χ1v) is 6.13. The summed E-state index contributed by atoms with van der Waals surface area (Å²) in [5.41, 5.74) is -0.0912. The van der Waals surface area contributed by atoms with E-state index in [1.165, 1.54) is 19.3 Å². The summed E-state index contributed by atoms with van der Waals surface area (Å²) < 4.78 is 0. The minimum Gasteiger partial charge on any atom is -0.349 e. The largest absolute Gasteiger partial charge is 0.349 e. The fourth-order valence-electron chi connectivity index (χ4n) is 2.11. The predicted octanol–water partition coefficient (Wildman–Crippen LogP) is 2.84. The number of nitrogens with one attached hydrogen (secondary N) is 1. The van der Waals surface area contributed by atoms with E-state index >= 15 is 0 Å². The number of hydrogen-bond donors (Lipinski definition) is 1. The number of alkyl halides is 1. The van der Waals surface area contributed by atoms with Crippen LogP contribution in [-0.4, -0.2) is 17.3 Å². The average molecular weight is 218 g/mol. The molecule has 82 valence electrons. The monoisotopic (exact) mass is 217 g/mol. The third-order valence-corrected chi connectivity index (χ3v) is 3.46. The molecule has 0 spiro atoms. The Bertz CT molecular complexity index is 188. The minimum atomic E-state index is -0.0912. The molecule has 0 bridgehead atoms. The van der Waals surface area contributed by atoms with Crippen LogP contribution in [0.5, 0.6) is 0 Å². The molecule has 0 aromatic rings. The summed E-state index contributed by atoms with van der Waals surface area (Å²) in [4.78, 5) is 11.5. The Morgan fingerprint density at radius 1 is 1.36 bits per heavy atom. The molecule has 0 aromatic carbocycles. The normalized spacial score (nSPS) is 20.4. The molecule has 0 heterocycles. The smallest absolute Gasteiger partial charge is 0.220 e. The fourth-order valence-corrected chi connectivity index (χ4v) is 2.44. The standard InChI is InChI=1S/C11H20ClNO/c1-2-6-10(14)13-11(9-12)7-4-3-5-8-11/h2-9H2,1H3,(H,13,14). The van der Waals surface area contributed by atoms with Gasteiger partial charge in [-0.25, -0.2) is 0 Å². The summed E-state index contributed by atoms with van der Waals surface area (Å²) in [7, 11) is 0. The highest BCUT2D eigenvalue weighted by molar-refractivity contribution is 6.18. The third kappa shape index (κ3) is 3.16. The van der Waals surface area contributed by atoms with E-state index in [-0.39, 0.29) is 11.4 Å². The van der Waals surface area contributed by atoms with E-state index in [1.54, 1.807) is 0 Å². The van der Waals surface area contributed by atoms with Crippen molar-refractivity contribution in [2.75, 3.05) is 5.88 Å². The van der Waals surface area contributed by atoms with Crippen molar-refractivity contribution in [1.82, 2.24) is 5.32 Å². The first-order valence-electron chi connectivity index (χ1n) is 5.59. The minimum absolute atomic E-state index is 0.0912. The number of carbonyl (C=O) groups excluding carboxylic acids is 1. The van der Waals surface area contributed by atoms with Gasteiger partial charge in [0.1, 0.15) is 0 Å². The van der Waals surface area contributed by atoms with Crippen LogP contribution < -0.4 is 5.32 Å². The van der Waals surface area contributed by atoms with Gasteiger partial charge in [-0.15, -0.1) is 11.6 Å². The second-order valence-corrected chi connectivity index (χ2v) is 4.54. The molecule has 14 heavy (non-hydrogen) atoms. The van der Waals surface area contributed by atoms with Gasteiger partial charge in [-0.2, -0.15) is 0 Å². The maximum Gasteiger partial charge on any atom is 0.220 e. The molecule has 0 aromatic heterocycles. The van der Waals surface area contributed by atoms with E-state index < -0.39 is 0 Å². The van der Waals surface area contributed by atoms with Crippen molar-refractivity contribution < 1.29 is 4.79 Å². The first-order chi connectivity index (χ1) is 6.72. The molecule has 0 atom stereocenters. The molecule has 0 saturated heterocycles. The highest BCUT2D eigenvalue weighted by Gasteiger charge is 2.32. The Morgan fingerprint density at radius 3 is 2.50 bits per heavy atom. The van der Waals surface area contributed by atoms with Gasteiger partial charge >= 0.3 is 0 Å². The predicted molar refractivity (Wildman–Crippen MR) is 59.6 cm³/mol. The van der Waals surface area contributed by atoms with Gasteiger partial charge in [0.05, 0.1) is 5.54 Å². The lowest BCUT2D eigenvalue weighted by atomic mass is 9.83. The van der Waals surface area contributed by atoms with Crippen molar-refractivity contribution in [2.24, 2.45) is 0 Å². The number of rotatable bonds is 4. The zero-order valence-corrected chi connectivity index (χ0v) is 9.70. The van der Waals surface area contributed by atoms with Crippen molar-refractivity contribution in [3.05, 3.63) is 0 Å². The Balaban J connectivity index is 2.47. The molecule has 0 radical (unpaired) electrons. The topological polar surface area (TPSA) is 29.1 Å². The molecule has 1 N–H and O–H groups in total. The molecule has 1 aliphatic carbocycles. The van der Waals surface area contributed by atoms with E-state index in [1.807, 2.05) is 6.92 Å². The molecule has 1 amide bonds. The van der Waals surface area contributed by atoms with Gasteiger partial charge in [0.25, 0.3) is 0 Å². The van der Waals surface area contributed by atoms with Gasteiger partial charge in [0.15, 0.2) is 0 Å². The Morgan fingerprint density at radius 2 is 2.00 bits per heavy atom. The lowest BCUT2D eigenvalue weighted by molar-refractivity contribution is -0.123. The molecule has 1 saturated carbocycles. The molecule has 3 heteroatoms. The van der Waals surface area contributed by atoms with Crippen LogP contribution in [0.2, 0.25) is 0 Å². The summed E-state index contributed by atoms with van der Waals surface area (Å²) in [6.07, 6.45) is 7.29. The van der Waals surface area contributed by atoms with E-state index in [4.69, 9.17) is 11.6 Å². The third-order valence-electron chi connectivity index (χ3n) is 2.95. The van der Waals surface area contributed by atoms with Crippen LogP contribution >= 0.6 is 11.6 Å². The van der Waals surface area contributed by atoms with Gasteiger partial charge < -0.3 is 5.32 Å². The van der Waals surface area contributed by atoms with Crippen LogP contribution in [0.3, 0.4) is 0 Å². The van der Waals surface area contributed by atoms with Crippen LogP contribution in [-0.2, 0) is 4.79 Å². The van der Waals surface area contributed by atoms with E-state index in [9.17, 15) is 4.79 Å². The summed E-state index contributed by atoms with van der Waals surface area (Å²) in [5.74, 6) is 0.720. The second-order valence-electron chi connectivity index (χ2n) is 4.27. The fraction of sp³-hybridized carbons (Fsp3) is 0.909. The van der Waals surface area contributed by atoms with Crippen LogP contribution in [0, 0.1) is 0 Å². The second kappa shape index (κ2) is 5.59. The van der Waals surface area contributed by atoms with Crippen LogP contribution in [0.15, 0.2) is 0 Å². The van der Waals surface area contributed by atoms with Crippen LogP contribution in [0.1, 0.15) is 51.9 Å². The van der Waals surface area contributed by atoms with Crippen molar-refractivity contribution in [3.8, 4) is 0 Å². The lowest BCUT2D eigenvalue weighted by Crippen LogP contribution is -2.51. The molecule has 1 fully saturated rings. The number of halogens is 1. The van der Waals surface area contributed by atoms with Gasteiger partial charge in [-0.05, 0) is 19.3 Å². The molecular formula is C11H20ClNO. The summed E-state index contributed by atoms with van der Waals surface area (Å²) >= 11 is 5.97. The van der Waals surface area contributed by atoms with E-state index in [0.717, 1.165) is 19.3 Å². The van der Waals surface area contributed by atoms with Gasteiger partial charge in [-0.3, -0.25) is 4.79 Å². The van der Waals surface area contributed by atoms with Gasteiger partial charge in [0.2, 0.25) is 5.91 Å². The van der Waals surface area contributed by atoms with Crippen molar-refractivity contribution >= 4 is 17.5 Å². The first kappa shape index (κ1) is 11.8. The number of amides is 1. The Kier molecular flexibility index (Phi) is 4.73. The van der Waals surface area contributed by atoms with E-state index in [0.29, 0.717) is 12.3 Å². The molecule has 1 aliphatic rings. The zero-order valence-electron chi connectivity index (χ0n) is 8.94. The highest BCUT2D eigenvalue weighted by Crippen LogP contribution is 2.29. The lowest BCUT2D eigenvalue weighted by Gasteiger charge is -2.36. The number of carbonyl (C=O) groups is 1. The Labute approximate surface area is 91.4 Å². The maximum atomic E-state index is 11.5. The quantitative estimate of drug-likeness (QED) is 0.721. The van der Waals surface area contributed by atoms with Crippen molar-refractivity contribution in [3.63, 3.8) is 0 Å². The summed E-state index contributed by atoms with van der Waals surface area (Å²) in [6.45, 7) is 2.02. The summed E-state index contributed by atoms with van der Waals surface area (Å²) in [5, 5.41) is 3.11. The van der Waals surface area contributed by atoms with Crippen molar-refractivity contribution in [2.45, 2.75) is 57.4 Å². The Hall–Kier alpha value is -0.240. The average Bonchev–Trinajstić information content (AvgIpc) is 2.19. The molecular weight excluding hydrogens is 198 g/mol. The van der Waals surface area contributed by atoms with E-state index in [2.05, 4.69) is 5.32 Å². The highest BCUT2D eigenvalue weighted by atomic mass is 35.5.